The first-order valence-electron chi connectivity index (χ1n) is 5.97. The Labute approximate surface area is 119 Å². The fourth-order valence-corrected chi connectivity index (χ4v) is 2.17. The van der Waals surface area contributed by atoms with Gasteiger partial charge in [0.05, 0.1) is 11.4 Å². The molecule has 0 saturated carbocycles. The van der Waals surface area contributed by atoms with Crippen LogP contribution >= 0.6 is 11.6 Å². The summed E-state index contributed by atoms with van der Waals surface area (Å²) in [7, 11) is 0. The molecule has 0 fully saturated rings. The van der Waals surface area contributed by atoms with E-state index in [2.05, 4.69) is 4.98 Å². The van der Waals surface area contributed by atoms with Gasteiger partial charge >= 0.3 is 5.69 Å². The third-order valence-corrected chi connectivity index (χ3v) is 3.20. The first-order valence-corrected chi connectivity index (χ1v) is 6.35. The second-order valence-corrected chi connectivity index (χ2v) is 4.77. The molecule has 0 unspecified atom stereocenters. The summed E-state index contributed by atoms with van der Waals surface area (Å²) in [5.74, 6) is -0.314. The van der Waals surface area contributed by atoms with Crippen LogP contribution in [0, 0.1) is 5.82 Å². The van der Waals surface area contributed by atoms with Crippen LogP contribution in [0.1, 0.15) is 0 Å². The Morgan fingerprint density at radius 2 is 1.85 bits per heavy atom. The number of H-pyrrole nitrogens is 1. The molecule has 20 heavy (non-hydrogen) atoms. The number of nitrogens with zero attached hydrogens (tertiary/aromatic N) is 1. The van der Waals surface area contributed by atoms with Gasteiger partial charge in [-0.1, -0.05) is 17.7 Å². The minimum Gasteiger partial charge on any atom is -0.305 e. The van der Waals surface area contributed by atoms with Gasteiger partial charge in [-0.05, 0) is 48.0 Å². The lowest BCUT2D eigenvalue weighted by Crippen LogP contribution is -2.13. The highest BCUT2D eigenvalue weighted by Gasteiger charge is 2.07. The molecule has 2 aromatic carbocycles. The Bertz CT molecular complexity index is 805. The van der Waals surface area contributed by atoms with Crippen molar-refractivity contribution < 1.29 is 4.39 Å². The minimum absolute atomic E-state index is 0.272. The second kappa shape index (κ2) is 4.98. The van der Waals surface area contributed by atoms with Gasteiger partial charge in [0, 0.05) is 11.2 Å². The molecule has 0 aliphatic rings. The number of aromatic amines is 1. The highest BCUT2D eigenvalue weighted by Crippen LogP contribution is 2.19. The van der Waals surface area contributed by atoms with Crippen LogP contribution in [0.4, 0.5) is 4.39 Å². The first kappa shape index (κ1) is 12.7. The van der Waals surface area contributed by atoms with E-state index in [-0.39, 0.29) is 11.5 Å². The summed E-state index contributed by atoms with van der Waals surface area (Å²) in [5.41, 5.74) is 1.76. The van der Waals surface area contributed by atoms with E-state index < -0.39 is 0 Å². The van der Waals surface area contributed by atoms with Gasteiger partial charge in [0.25, 0.3) is 0 Å². The van der Waals surface area contributed by atoms with Crippen LogP contribution in [-0.2, 0) is 0 Å². The lowest BCUT2D eigenvalue weighted by Gasteiger charge is -2.00. The Morgan fingerprint density at radius 3 is 2.55 bits per heavy atom. The van der Waals surface area contributed by atoms with Crippen molar-refractivity contribution in [1.29, 1.82) is 0 Å². The summed E-state index contributed by atoms with van der Waals surface area (Å²) in [5, 5.41) is 0.555. The van der Waals surface area contributed by atoms with Crippen LogP contribution in [0.5, 0.6) is 0 Å². The minimum atomic E-state index is -0.314. The Balaban J connectivity index is 2.07. The zero-order valence-corrected chi connectivity index (χ0v) is 11.1. The maximum absolute atomic E-state index is 12.9. The summed E-state index contributed by atoms with van der Waals surface area (Å²) in [4.78, 5) is 14.7. The molecule has 1 N–H and O–H groups in total. The summed E-state index contributed by atoms with van der Waals surface area (Å²) >= 11 is 5.92. The highest BCUT2D eigenvalue weighted by atomic mass is 35.5. The van der Waals surface area contributed by atoms with Crippen molar-refractivity contribution in [2.24, 2.45) is 0 Å². The third-order valence-electron chi connectivity index (χ3n) is 2.96. The molecule has 3 nitrogen and oxygen atoms in total. The van der Waals surface area contributed by atoms with Crippen molar-refractivity contribution >= 4 is 11.6 Å². The lowest BCUT2D eigenvalue weighted by molar-refractivity contribution is 0.628. The largest absolute Gasteiger partial charge is 0.330 e. The summed E-state index contributed by atoms with van der Waals surface area (Å²) in [6, 6.07) is 12.9. The Hall–Kier alpha value is -2.33. The number of benzene rings is 2. The number of aromatic nitrogens is 2. The summed E-state index contributed by atoms with van der Waals surface area (Å²) < 4.78 is 14.4. The number of hydrogen-bond donors (Lipinski definition) is 1. The highest BCUT2D eigenvalue weighted by molar-refractivity contribution is 6.30. The van der Waals surface area contributed by atoms with E-state index in [0.29, 0.717) is 16.4 Å². The Kier molecular flexibility index (Phi) is 3.16. The van der Waals surface area contributed by atoms with Crippen molar-refractivity contribution in [1.82, 2.24) is 9.55 Å². The number of nitrogens with one attached hydrogen (secondary N) is 1. The molecule has 0 spiro atoms. The van der Waals surface area contributed by atoms with E-state index in [9.17, 15) is 9.18 Å². The predicted octanol–water partition coefficient (Wildman–Crippen LogP) is 3.63. The van der Waals surface area contributed by atoms with Crippen molar-refractivity contribution in [3.63, 3.8) is 0 Å². The van der Waals surface area contributed by atoms with Crippen LogP contribution in [0.25, 0.3) is 16.9 Å². The number of imidazole rings is 1. The molecule has 0 saturated heterocycles. The third kappa shape index (κ3) is 2.38. The molecule has 0 bridgehead atoms. The van der Waals surface area contributed by atoms with Gasteiger partial charge in [0.1, 0.15) is 5.82 Å². The van der Waals surface area contributed by atoms with E-state index in [1.54, 1.807) is 42.6 Å². The van der Waals surface area contributed by atoms with Gasteiger partial charge in [-0.15, -0.1) is 0 Å². The summed E-state index contributed by atoms with van der Waals surface area (Å²) in [6.07, 6.45) is 1.67. The molecule has 0 aliphatic carbocycles. The van der Waals surface area contributed by atoms with Crippen LogP contribution in [0.2, 0.25) is 5.02 Å². The lowest BCUT2D eigenvalue weighted by atomic mass is 10.2. The van der Waals surface area contributed by atoms with Crippen molar-refractivity contribution in [2.45, 2.75) is 0 Å². The van der Waals surface area contributed by atoms with Gasteiger partial charge in [-0.2, -0.15) is 0 Å². The zero-order chi connectivity index (χ0) is 14.1. The maximum Gasteiger partial charge on any atom is 0.330 e. The molecule has 0 atom stereocenters. The molecule has 1 aromatic heterocycles. The fraction of sp³-hybridized carbons (Fsp3) is 0. The van der Waals surface area contributed by atoms with Crippen molar-refractivity contribution in [2.75, 3.05) is 0 Å². The molecule has 100 valence electrons. The molecular weight excluding hydrogens is 279 g/mol. The molecule has 3 rings (SSSR count). The van der Waals surface area contributed by atoms with Gasteiger partial charge in [0.2, 0.25) is 0 Å². The number of halogens is 2. The van der Waals surface area contributed by atoms with E-state index in [1.807, 2.05) is 0 Å². The zero-order valence-electron chi connectivity index (χ0n) is 10.3. The van der Waals surface area contributed by atoms with Crippen LogP contribution in [-0.4, -0.2) is 9.55 Å². The molecule has 3 aromatic rings. The van der Waals surface area contributed by atoms with Gasteiger partial charge < -0.3 is 4.98 Å². The van der Waals surface area contributed by atoms with E-state index in [1.165, 1.54) is 16.7 Å². The number of rotatable bonds is 2. The predicted molar refractivity (Wildman–Crippen MR) is 76.8 cm³/mol. The van der Waals surface area contributed by atoms with Crippen LogP contribution in [0.3, 0.4) is 0 Å². The standard InChI is InChI=1S/C15H10ClFN2O/c16-11-2-1-3-13(8-11)19-9-14(18-15(19)20)10-4-6-12(17)7-5-10/h1-9H,(H,18,20). The molecule has 0 radical (unpaired) electrons. The van der Waals surface area contributed by atoms with Crippen LogP contribution in [0.15, 0.2) is 59.5 Å². The SMILES string of the molecule is O=c1[nH]c(-c2ccc(F)cc2)cn1-c1cccc(Cl)c1. The Morgan fingerprint density at radius 1 is 1.10 bits per heavy atom. The van der Waals surface area contributed by atoms with Crippen molar-refractivity contribution in [3.8, 4) is 16.9 Å². The second-order valence-electron chi connectivity index (χ2n) is 4.33. The fourth-order valence-electron chi connectivity index (χ4n) is 1.99. The molecule has 5 heteroatoms. The average molecular weight is 289 g/mol. The topological polar surface area (TPSA) is 37.8 Å². The molecule has 1 heterocycles. The molecule has 0 amide bonds. The van der Waals surface area contributed by atoms with Crippen LogP contribution < -0.4 is 5.69 Å². The monoisotopic (exact) mass is 288 g/mol. The molecule has 0 aliphatic heterocycles. The molecular formula is C15H10ClFN2O. The van der Waals surface area contributed by atoms with Gasteiger partial charge in [-0.3, -0.25) is 4.57 Å². The van der Waals surface area contributed by atoms with E-state index in [4.69, 9.17) is 11.6 Å². The van der Waals surface area contributed by atoms with E-state index >= 15 is 0 Å². The first-order chi connectivity index (χ1) is 9.63. The van der Waals surface area contributed by atoms with Gasteiger partial charge in [0.15, 0.2) is 0 Å². The quantitative estimate of drug-likeness (QED) is 0.768. The maximum atomic E-state index is 12.9. The average Bonchev–Trinajstić information content (AvgIpc) is 2.82. The normalized spacial score (nSPS) is 10.7. The van der Waals surface area contributed by atoms with Gasteiger partial charge in [-0.25, -0.2) is 9.18 Å². The number of hydrogen-bond acceptors (Lipinski definition) is 1. The van der Waals surface area contributed by atoms with E-state index in [0.717, 1.165) is 5.56 Å². The van der Waals surface area contributed by atoms with Crippen molar-refractivity contribution in [3.05, 3.63) is 76.1 Å². The summed E-state index contributed by atoms with van der Waals surface area (Å²) in [6.45, 7) is 0. The smallest absolute Gasteiger partial charge is 0.305 e.